The monoisotopic (exact) mass is 265 g/mol. The van der Waals surface area contributed by atoms with Gasteiger partial charge in [-0.15, -0.1) is 0 Å². The number of amides is 1. The second kappa shape index (κ2) is 5.17. The summed E-state index contributed by atoms with van der Waals surface area (Å²) in [5, 5.41) is 30.2. The highest BCUT2D eigenvalue weighted by Crippen LogP contribution is 2.26. The van der Waals surface area contributed by atoms with Crippen LogP contribution in [0.15, 0.2) is 18.2 Å². The van der Waals surface area contributed by atoms with E-state index in [9.17, 15) is 19.8 Å². The van der Waals surface area contributed by atoms with Crippen LogP contribution in [0.3, 0.4) is 0 Å². The maximum Gasteiger partial charge on any atom is 0.306 e. The molecule has 1 saturated carbocycles. The Hall–Kier alpha value is -2.24. The Labute approximate surface area is 109 Å². The number of phenols is 2. The molecule has 2 unspecified atom stereocenters. The molecule has 2 rings (SSSR count). The van der Waals surface area contributed by atoms with Gasteiger partial charge in [0, 0.05) is 17.7 Å². The molecule has 1 amide bonds. The lowest BCUT2D eigenvalue weighted by molar-refractivity contribution is -0.141. The fraction of sp³-hybridized carbons (Fsp3) is 0.385. The highest BCUT2D eigenvalue weighted by Gasteiger charge is 2.30. The number of carbonyl (C=O) groups is 2. The number of aromatic hydroxyl groups is 2. The van der Waals surface area contributed by atoms with E-state index in [-0.39, 0.29) is 23.1 Å². The molecule has 19 heavy (non-hydrogen) atoms. The summed E-state index contributed by atoms with van der Waals surface area (Å²) in [5.74, 6) is -2.07. The number of carboxylic acid groups (broad SMARTS) is 1. The summed E-state index contributed by atoms with van der Waals surface area (Å²) in [6, 6.07) is 3.45. The Morgan fingerprint density at radius 3 is 2.26 bits per heavy atom. The third-order valence-corrected chi connectivity index (χ3v) is 3.28. The van der Waals surface area contributed by atoms with Gasteiger partial charge in [0.1, 0.15) is 11.5 Å². The molecule has 0 bridgehead atoms. The van der Waals surface area contributed by atoms with E-state index in [4.69, 9.17) is 5.11 Å². The van der Waals surface area contributed by atoms with Crippen LogP contribution in [0.5, 0.6) is 11.5 Å². The summed E-state index contributed by atoms with van der Waals surface area (Å²) in [6.07, 6.45) is 1.57. The number of phenolic OH excluding ortho intramolecular Hbond substituents is 2. The van der Waals surface area contributed by atoms with Gasteiger partial charge in [0.05, 0.1) is 5.92 Å². The predicted octanol–water partition coefficient (Wildman–Crippen LogP) is 1.08. The van der Waals surface area contributed by atoms with E-state index in [1.54, 1.807) is 0 Å². The third kappa shape index (κ3) is 3.15. The Bertz CT molecular complexity index is 494. The lowest BCUT2D eigenvalue weighted by Gasteiger charge is -2.12. The van der Waals surface area contributed by atoms with E-state index in [0.717, 1.165) is 6.07 Å². The Morgan fingerprint density at radius 2 is 1.74 bits per heavy atom. The summed E-state index contributed by atoms with van der Waals surface area (Å²) in [6.45, 7) is 0. The molecule has 1 aliphatic rings. The first-order valence-electron chi connectivity index (χ1n) is 6.02. The molecule has 0 aromatic heterocycles. The van der Waals surface area contributed by atoms with Crippen LogP contribution < -0.4 is 5.32 Å². The number of nitrogens with one attached hydrogen (secondary N) is 1. The fourth-order valence-electron chi connectivity index (χ4n) is 2.33. The average Bonchev–Trinajstić information content (AvgIpc) is 2.76. The van der Waals surface area contributed by atoms with Crippen molar-refractivity contribution < 1.29 is 24.9 Å². The molecule has 1 fully saturated rings. The Balaban J connectivity index is 2.00. The first-order chi connectivity index (χ1) is 8.95. The number of carboxylic acids is 1. The lowest BCUT2D eigenvalue weighted by Crippen LogP contribution is -2.33. The van der Waals surface area contributed by atoms with E-state index in [1.165, 1.54) is 12.1 Å². The number of rotatable bonds is 3. The van der Waals surface area contributed by atoms with Gasteiger partial charge in [-0.05, 0) is 31.4 Å². The van der Waals surface area contributed by atoms with Crippen molar-refractivity contribution in [3.05, 3.63) is 23.8 Å². The van der Waals surface area contributed by atoms with Crippen molar-refractivity contribution in [2.75, 3.05) is 0 Å². The number of hydrogen-bond acceptors (Lipinski definition) is 4. The van der Waals surface area contributed by atoms with Crippen molar-refractivity contribution in [3.63, 3.8) is 0 Å². The Morgan fingerprint density at radius 1 is 1.11 bits per heavy atom. The number of hydrogen-bond donors (Lipinski definition) is 4. The van der Waals surface area contributed by atoms with Crippen LogP contribution in [0.1, 0.15) is 29.6 Å². The van der Waals surface area contributed by atoms with Gasteiger partial charge in [-0.2, -0.15) is 0 Å². The van der Waals surface area contributed by atoms with Crippen LogP contribution in [-0.2, 0) is 4.79 Å². The first-order valence-corrected chi connectivity index (χ1v) is 6.02. The SMILES string of the molecule is O=C(NC1CCC(C(=O)O)C1)c1cc(O)cc(O)c1. The topological polar surface area (TPSA) is 107 Å². The van der Waals surface area contributed by atoms with Crippen molar-refractivity contribution in [1.29, 1.82) is 0 Å². The maximum absolute atomic E-state index is 11.9. The standard InChI is InChI=1S/C13H15NO5/c15-10-4-8(5-11(16)6-10)12(17)14-9-2-1-7(3-9)13(18)19/h4-7,9,15-16H,1-3H2,(H,14,17)(H,18,19). The molecule has 6 nitrogen and oxygen atoms in total. The second-order valence-corrected chi connectivity index (χ2v) is 4.76. The minimum atomic E-state index is -0.841. The zero-order valence-electron chi connectivity index (χ0n) is 10.2. The molecule has 1 aromatic rings. The smallest absolute Gasteiger partial charge is 0.306 e. The minimum absolute atomic E-state index is 0.149. The summed E-state index contributed by atoms with van der Waals surface area (Å²) in [7, 11) is 0. The van der Waals surface area contributed by atoms with Gasteiger partial charge in [0.2, 0.25) is 0 Å². The molecule has 6 heteroatoms. The minimum Gasteiger partial charge on any atom is -0.508 e. The largest absolute Gasteiger partial charge is 0.508 e. The zero-order valence-corrected chi connectivity index (χ0v) is 10.2. The van der Waals surface area contributed by atoms with Gasteiger partial charge >= 0.3 is 5.97 Å². The molecule has 0 radical (unpaired) electrons. The average molecular weight is 265 g/mol. The van der Waals surface area contributed by atoms with Gasteiger partial charge in [0.25, 0.3) is 5.91 Å². The predicted molar refractivity (Wildman–Crippen MR) is 66.0 cm³/mol. The number of aliphatic carboxylic acids is 1. The van der Waals surface area contributed by atoms with E-state index in [0.29, 0.717) is 19.3 Å². The quantitative estimate of drug-likeness (QED) is 0.654. The zero-order chi connectivity index (χ0) is 14.0. The molecular weight excluding hydrogens is 250 g/mol. The lowest BCUT2D eigenvalue weighted by atomic mass is 10.1. The molecule has 1 aliphatic carbocycles. The summed E-state index contributed by atoms with van der Waals surface area (Å²) < 4.78 is 0. The first kappa shape index (κ1) is 13.2. The molecule has 0 spiro atoms. The number of carbonyl (C=O) groups excluding carboxylic acids is 1. The van der Waals surface area contributed by atoms with Crippen LogP contribution in [0, 0.1) is 5.92 Å². The maximum atomic E-state index is 11.9. The van der Waals surface area contributed by atoms with Crippen LogP contribution in [0.4, 0.5) is 0 Å². The summed E-state index contributed by atoms with van der Waals surface area (Å²) >= 11 is 0. The molecule has 2 atom stereocenters. The van der Waals surface area contributed by atoms with E-state index >= 15 is 0 Å². The van der Waals surface area contributed by atoms with Crippen molar-refractivity contribution in [2.45, 2.75) is 25.3 Å². The van der Waals surface area contributed by atoms with Crippen molar-refractivity contribution in [2.24, 2.45) is 5.92 Å². The van der Waals surface area contributed by atoms with E-state index in [2.05, 4.69) is 5.32 Å². The van der Waals surface area contributed by atoms with Crippen LogP contribution in [-0.4, -0.2) is 33.2 Å². The van der Waals surface area contributed by atoms with Crippen LogP contribution >= 0.6 is 0 Å². The molecule has 4 N–H and O–H groups in total. The highest BCUT2D eigenvalue weighted by molar-refractivity contribution is 5.95. The van der Waals surface area contributed by atoms with Gasteiger partial charge in [-0.25, -0.2) is 0 Å². The molecule has 0 heterocycles. The molecule has 0 saturated heterocycles. The van der Waals surface area contributed by atoms with Crippen molar-refractivity contribution in [3.8, 4) is 11.5 Å². The fourth-order valence-corrected chi connectivity index (χ4v) is 2.33. The molecule has 1 aromatic carbocycles. The summed E-state index contributed by atoms with van der Waals surface area (Å²) in [4.78, 5) is 22.7. The van der Waals surface area contributed by atoms with Crippen LogP contribution in [0.2, 0.25) is 0 Å². The molecule has 102 valence electrons. The van der Waals surface area contributed by atoms with Crippen molar-refractivity contribution >= 4 is 11.9 Å². The molecular formula is C13H15NO5. The number of benzene rings is 1. The van der Waals surface area contributed by atoms with Gasteiger partial charge in [-0.3, -0.25) is 9.59 Å². The van der Waals surface area contributed by atoms with Gasteiger partial charge in [-0.1, -0.05) is 0 Å². The van der Waals surface area contributed by atoms with Gasteiger partial charge < -0.3 is 20.6 Å². The third-order valence-electron chi connectivity index (χ3n) is 3.28. The van der Waals surface area contributed by atoms with Crippen LogP contribution in [0.25, 0.3) is 0 Å². The van der Waals surface area contributed by atoms with E-state index in [1.807, 2.05) is 0 Å². The Kier molecular flexibility index (Phi) is 3.59. The molecule has 0 aliphatic heterocycles. The van der Waals surface area contributed by atoms with E-state index < -0.39 is 17.8 Å². The second-order valence-electron chi connectivity index (χ2n) is 4.76. The van der Waals surface area contributed by atoms with Gasteiger partial charge in [0.15, 0.2) is 0 Å². The highest BCUT2D eigenvalue weighted by atomic mass is 16.4. The van der Waals surface area contributed by atoms with Crippen molar-refractivity contribution in [1.82, 2.24) is 5.32 Å². The normalized spacial score (nSPS) is 22.1. The summed E-state index contributed by atoms with van der Waals surface area (Å²) in [5.41, 5.74) is 0.149.